The summed E-state index contributed by atoms with van der Waals surface area (Å²) in [5.41, 5.74) is 3.10. The van der Waals surface area contributed by atoms with Gasteiger partial charge in [0.15, 0.2) is 0 Å². The van der Waals surface area contributed by atoms with Crippen molar-refractivity contribution in [3.05, 3.63) is 47.3 Å². The minimum absolute atomic E-state index is 0.112. The van der Waals surface area contributed by atoms with E-state index in [-0.39, 0.29) is 5.91 Å². The number of amides is 1. The predicted octanol–water partition coefficient (Wildman–Crippen LogP) is 1.62. The number of carbonyl (C=O) groups excluding carboxylic acids is 1. The molecular formula is C15H18N4O. The van der Waals surface area contributed by atoms with Crippen LogP contribution < -0.4 is 5.32 Å². The maximum absolute atomic E-state index is 12.0. The summed E-state index contributed by atoms with van der Waals surface area (Å²) in [7, 11) is 2.03. The van der Waals surface area contributed by atoms with E-state index < -0.39 is 0 Å². The number of hydrogen-bond acceptors (Lipinski definition) is 3. The number of aryl methyl sites for hydroxylation is 1. The van der Waals surface area contributed by atoms with Crippen LogP contribution in [-0.4, -0.2) is 20.4 Å². The third-order valence-corrected chi connectivity index (χ3v) is 3.80. The number of rotatable bonds is 3. The molecule has 0 radical (unpaired) electrons. The molecule has 3 rings (SSSR count). The summed E-state index contributed by atoms with van der Waals surface area (Å²) < 4.78 is 2.12. The van der Waals surface area contributed by atoms with E-state index in [1.54, 1.807) is 24.5 Å². The van der Waals surface area contributed by atoms with Crippen LogP contribution >= 0.6 is 0 Å². The van der Waals surface area contributed by atoms with Crippen LogP contribution in [0.2, 0.25) is 0 Å². The van der Waals surface area contributed by atoms with Crippen LogP contribution in [0.5, 0.6) is 0 Å². The van der Waals surface area contributed by atoms with Crippen molar-refractivity contribution in [2.24, 2.45) is 7.05 Å². The number of fused-ring (bicyclic) bond motifs is 1. The molecule has 1 aliphatic rings. The van der Waals surface area contributed by atoms with Crippen molar-refractivity contribution in [3.8, 4) is 0 Å². The molecule has 2 aromatic rings. The van der Waals surface area contributed by atoms with Crippen LogP contribution in [0.1, 0.15) is 40.4 Å². The smallest absolute Gasteiger partial charge is 0.253 e. The van der Waals surface area contributed by atoms with E-state index in [9.17, 15) is 4.79 Å². The van der Waals surface area contributed by atoms with E-state index in [4.69, 9.17) is 0 Å². The number of nitrogens with one attached hydrogen (secondary N) is 1. The van der Waals surface area contributed by atoms with E-state index in [0.29, 0.717) is 12.1 Å². The Balaban J connectivity index is 1.70. The van der Waals surface area contributed by atoms with E-state index in [0.717, 1.165) is 18.7 Å². The van der Waals surface area contributed by atoms with Crippen molar-refractivity contribution >= 4 is 5.91 Å². The zero-order valence-corrected chi connectivity index (χ0v) is 11.6. The predicted molar refractivity (Wildman–Crippen MR) is 75.3 cm³/mol. The van der Waals surface area contributed by atoms with Gasteiger partial charge in [-0.1, -0.05) is 0 Å². The second-order valence-corrected chi connectivity index (χ2v) is 5.11. The Labute approximate surface area is 118 Å². The molecule has 0 aromatic carbocycles. The summed E-state index contributed by atoms with van der Waals surface area (Å²) in [6.07, 6.45) is 7.82. The third kappa shape index (κ3) is 2.43. The topological polar surface area (TPSA) is 59.8 Å². The van der Waals surface area contributed by atoms with Crippen LogP contribution in [0.25, 0.3) is 0 Å². The summed E-state index contributed by atoms with van der Waals surface area (Å²) in [5, 5.41) is 2.90. The Morgan fingerprint density at radius 3 is 3.00 bits per heavy atom. The Bertz CT molecular complexity index is 618. The first-order valence-electron chi connectivity index (χ1n) is 6.97. The molecule has 104 valence electrons. The Morgan fingerprint density at radius 1 is 1.40 bits per heavy atom. The molecule has 0 aliphatic heterocycles. The van der Waals surface area contributed by atoms with Gasteiger partial charge in [0.05, 0.1) is 17.8 Å². The van der Waals surface area contributed by atoms with Crippen molar-refractivity contribution in [1.29, 1.82) is 0 Å². The Hall–Kier alpha value is -2.17. The SMILES string of the molecule is Cn1c(CNC(=O)c2cccnc2)nc2c1CCCC2. The third-order valence-electron chi connectivity index (χ3n) is 3.80. The molecule has 0 bridgehead atoms. The lowest BCUT2D eigenvalue weighted by atomic mass is 10.0. The minimum Gasteiger partial charge on any atom is -0.345 e. The molecule has 0 saturated heterocycles. The van der Waals surface area contributed by atoms with E-state index in [2.05, 4.69) is 19.9 Å². The summed E-state index contributed by atoms with van der Waals surface area (Å²) in [6.45, 7) is 0.456. The average Bonchev–Trinajstić information content (AvgIpc) is 2.83. The second-order valence-electron chi connectivity index (χ2n) is 5.11. The fourth-order valence-corrected chi connectivity index (χ4v) is 2.66. The molecule has 1 amide bonds. The van der Waals surface area contributed by atoms with Crippen LogP contribution in [0.4, 0.5) is 0 Å². The molecule has 5 nitrogen and oxygen atoms in total. The fraction of sp³-hybridized carbons (Fsp3) is 0.400. The van der Waals surface area contributed by atoms with Gasteiger partial charge in [-0.3, -0.25) is 9.78 Å². The standard InChI is InChI=1S/C15H18N4O/c1-19-13-7-3-2-6-12(13)18-14(19)10-17-15(20)11-5-4-8-16-9-11/h4-5,8-9H,2-3,6-7,10H2,1H3,(H,17,20). The van der Waals surface area contributed by atoms with Gasteiger partial charge in [0.1, 0.15) is 5.82 Å². The number of hydrogen-bond donors (Lipinski definition) is 1. The van der Waals surface area contributed by atoms with Gasteiger partial charge >= 0.3 is 0 Å². The quantitative estimate of drug-likeness (QED) is 0.922. The molecule has 1 aliphatic carbocycles. The van der Waals surface area contributed by atoms with Gasteiger partial charge < -0.3 is 9.88 Å². The average molecular weight is 270 g/mol. The highest BCUT2D eigenvalue weighted by Crippen LogP contribution is 2.21. The van der Waals surface area contributed by atoms with Crippen LogP contribution in [0.3, 0.4) is 0 Å². The zero-order valence-electron chi connectivity index (χ0n) is 11.6. The molecule has 20 heavy (non-hydrogen) atoms. The lowest BCUT2D eigenvalue weighted by Gasteiger charge is -2.11. The van der Waals surface area contributed by atoms with Crippen LogP contribution in [-0.2, 0) is 26.4 Å². The van der Waals surface area contributed by atoms with E-state index in [1.807, 2.05) is 7.05 Å². The molecule has 1 N–H and O–H groups in total. The largest absolute Gasteiger partial charge is 0.345 e. The monoisotopic (exact) mass is 270 g/mol. The van der Waals surface area contributed by atoms with E-state index >= 15 is 0 Å². The van der Waals surface area contributed by atoms with Crippen LogP contribution in [0, 0.1) is 0 Å². The number of imidazole rings is 1. The molecule has 0 fully saturated rings. The number of carbonyl (C=O) groups is 1. The molecule has 2 heterocycles. The van der Waals surface area contributed by atoms with Gasteiger partial charge in [-0.15, -0.1) is 0 Å². The molecule has 0 saturated carbocycles. The van der Waals surface area contributed by atoms with Crippen molar-refractivity contribution in [3.63, 3.8) is 0 Å². The zero-order chi connectivity index (χ0) is 13.9. The van der Waals surface area contributed by atoms with Gasteiger partial charge in [0, 0.05) is 25.1 Å². The highest BCUT2D eigenvalue weighted by Gasteiger charge is 2.18. The molecule has 2 aromatic heterocycles. The number of nitrogens with zero attached hydrogens (tertiary/aromatic N) is 3. The van der Waals surface area contributed by atoms with Gasteiger partial charge in [-0.05, 0) is 37.8 Å². The van der Waals surface area contributed by atoms with Gasteiger partial charge in [0.2, 0.25) is 0 Å². The summed E-state index contributed by atoms with van der Waals surface area (Å²) in [4.78, 5) is 20.6. The van der Waals surface area contributed by atoms with Gasteiger partial charge in [-0.25, -0.2) is 4.98 Å². The minimum atomic E-state index is -0.112. The van der Waals surface area contributed by atoms with Crippen molar-refractivity contribution in [2.45, 2.75) is 32.2 Å². The Morgan fingerprint density at radius 2 is 2.25 bits per heavy atom. The maximum atomic E-state index is 12.0. The highest BCUT2D eigenvalue weighted by atomic mass is 16.1. The first-order chi connectivity index (χ1) is 9.75. The maximum Gasteiger partial charge on any atom is 0.253 e. The fourth-order valence-electron chi connectivity index (χ4n) is 2.66. The van der Waals surface area contributed by atoms with Crippen molar-refractivity contribution in [2.75, 3.05) is 0 Å². The highest BCUT2D eigenvalue weighted by molar-refractivity contribution is 5.93. The van der Waals surface area contributed by atoms with Gasteiger partial charge in [-0.2, -0.15) is 0 Å². The summed E-state index contributed by atoms with van der Waals surface area (Å²) in [5.74, 6) is 0.813. The normalized spacial score (nSPS) is 13.8. The second kappa shape index (κ2) is 5.45. The molecular weight excluding hydrogens is 252 g/mol. The lowest BCUT2D eigenvalue weighted by molar-refractivity contribution is 0.0949. The number of pyridine rings is 1. The van der Waals surface area contributed by atoms with Crippen molar-refractivity contribution in [1.82, 2.24) is 19.9 Å². The first kappa shape index (κ1) is 12.8. The Kier molecular flexibility index (Phi) is 3.50. The number of aromatic nitrogens is 3. The van der Waals surface area contributed by atoms with Gasteiger partial charge in [0.25, 0.3) is 5.91 Å². The molecule has 0 spiro atoms. The molecule has 0 unspecified atom stereocenters. The first-order valence-corrected chi connectivity index (χ1v) is 6.97. The lowest BCUT2D eigenvalue weighted by Crippen LogP contribution is -2.24. The van der Waals surface area contributed by atoms with Crippen molar-refractivity contribution < 1.29 is 4.79 Å². The molecule has 0 atom stereocenters. The summed E-state index contributed by atoms with van der Waals surface area (Å²) >= 11 is 0. The molecule has 5 heteroatoms. The summed E-state index contributed by atoms with van der Waals surface area (Å²) in [6, 6.07) is 3.51. The van der Waals surface area contributed by atoms with E-state index in [1.165, 1.54) is 24.2 Å². The van der Waals surface area contributed by atoms with Crippen LogP contribution in [0.15, 0.2) is 24.5 Å².